The van der Waals surface area contributed by atoms with Gasteiger partial charge in [-0.1, -0.05) is 17.7 Å². The molecule has 1 aliphatic rings. The maximum atomic E-state index is 11.1. The fraction of sp³-hybridized carbons (Fsp3) is 0.533. The normalized spacial score (nSPS) is 26.9. The number of carboxylic acids is 1. The molecule has 0 aliphatic heterocycles. The van der Waals surface area contributed by atoms with Crippen LogP contribution < -0.4 is 4.90 Å². The summed E-state index contributed by atoms with van der Waals surface area (Å²) in [6.07, 6.45) is 1.81. The molecule has 1 aliphatic carbocycles. The number of aliphatic hydroxyl groups is 1. The van der Waals surface area contributed by atoms with E-state index in [0.717, 1.165) is 5.69 Å². The van der Waals surface area contributed by atoms with Crippen molar-refractivity contribution in [3.8, 4) is 0 Å². The van der Waals surface area contributed by atoms with Crippen LogP contribution in [0.3, 0.4) is 0 Å². The van der Waals surface area contributed by atoms with Crippen LogP contribution in [0.15, 0.2) is 24.3 Å². The Balaban J connectivity index is 2.12. The van der Waals surface area contributed by atoms with Crippen molar-refractivity contribution < 1.29 is 15.0 Å². The van der Waals surface area contributed by atoms with E-state index in [-0.39, 0.29) is 12.0 Å². The lowest BCUT2D eigenvalue weighted by molar-refractivity contribution is -0.142. The van der Waals surface area contributed by atoms with Crippen LogP contribution in [0.2, 0.25) is 5.02 Å². The lowest BCUT2D eigenvalue weighted by atomic mass is 10.0. The first-order valence-corrected chi connectivity index (χ1v) is 7.26. The van der Waals surface area contributed by atoms with Gasteiger partial charge in [-0.15, -0.1) is 0 Å². The second-order valence-electron chi connectivity index (χ2n) is 5.42. The molecule has 5 heteroatoms. The van der Waals surface area contributed by atoms with Crippen molar-refractivity contribution in [2.45, 2.75) is 37.8 Å². The molecule has 0 radical (unpaired) electrons. The summed E-state index contributed by atoms with van der Waals surface area (Å²) < 4.78 is 0. The first-order valence-electron chi connectivity index (χ1n) is 6.88. The van der Waals surface area contributed by atoms with Gasteiger partial charge in [-0.25, -0.2) is 0 Å². The fourth-order valence-electron chi connectivity index (χ4n) is 2.86. The highest BCUT2D eigenvalue weighted by Crippen LogP contribution is 2.29. The molecule has 110 valence electrons. The van der Waals surface area contributed by atoms with Crippen molar-refractivity contribution in [1.29, 1.82) is 0 Å². The maximum absolute atomic E-state index is 11.1. The van der Waals surface area contributed by atoms with Gasteiger partial charge >= 0.3 is 5.97 Å². The predicted molar refractivity (Wildman–Crippen MR) is 79.2 cm³/mol. The van der Waals surface area contributed by atoms with Crippen LogP contribution in [-0.2, 0) is 4.79 Å². The Bertz CT molecular complexity index is 480. The van der Waals surface area contributed by atoms with Gasteiger partial charge < -0.3 is 15.1 Å². The zero-order chi connectivity index (χ0) is 14.7. The molecule has 2 N–H and O–H groups in total. The summed E-state index contributed by atoms with van der Waals surface area (Å²) in [6.45, 7) is 0. The SMILES string of the molecule is CN(c1cccc(Cl)c1)[C@H]1CC[C@@H](C(=O)O)CC[C@@H]1O. The molecule has 0 amide bonds. The molecule has 0 spiro atoms. The van der Waals surface area contributed by atoms with Crippen LogP contribution >= 0.6 is 11.6 Å². The Morgan fingerprint density at radius 2 is 2.00 bits per heavy atom. The van der Waals surface area contributed by atoms with Crippen molar-refractivity contribution in [3.05, 3.63) is 29.3 Å². The Morgan fingerprint density at radius 3 is 2.65 bits per heavy atom. The van der Waals surface area contributed by atoms with E-state index in [1.807, 2.05) is 36.2 Å². The Hall–Kier alpha value is -1.26. The fourth-order valence-corrected chi connectivity index (χ4v) is 3.04. The van der Waals surface area contributed by atoms with E-state index < -0.39 is 12.1 Å². The van der Waals surface area contributed by atoms with Crippen LogP contribution in [0.4, 0.5) is 5.69 Å². The van der Waals surface area contributed by atoms with Crippen LogP contribution in [0.5, 0.6) is 0 Å². The van der Waals surface area contributed by atoms with Gasteiger partial charge in [0.2, 0.25) is 0 Å². The number of nitrogens with zero attached hydrogens (tertiary/aromatic N) is 1. The van der Waals surface area contributed by atoms with E-state index in [1.165, 1.54) is 0 Å². The van der Waals surface area contributed by atoms with Crippen molar-refractivity contribution in [2.24, 2.45) is 5.92 Å². The quantitative estimate of drug-likeness (QED) is 0.842. The van der Waals surface area contributed by atoms with E-state index >= 15 is 0 Å². The summed E-state index contributed by atoms with van der Waals surface area (Å²) in [5.74, 6) is -1.11. The van der Waals surface area contributed by atoms with Crippen molar-refractivity contribution in [2.75, 3.05) is 11.9 Å². The number of halogens is 1. The van der Waals surface area contributed by atoms with Gasteiger partial charge in [0.15, 0.2) is 0 Å². The lowest BCUT2D eigenvalue weighted by Crippen LogP contribution is -2.40. The number of carboxylic acid groups (broad SMARTS) is 1. The summed E-state index contributed by atoms with van der Waals surface area (Å²) in [7, 11) is 1.92. The van der Waals surface area contributed by atoms with Crippen molar-refractivity contribution in [1.82, 2.24) is 0 Å². The van der Waals surface area contributed by atoms with E-state index in [4.69, 9.17) is 16.7 Å². The number of hydrogen-bond donors (Lipinski definition) is 2. The summed E-state index contributed by atoms with van der Waals surface area (Å²) in [5.41, 5.74) is 0.940. The van der Waals surface area contributed by atoms with Gasteiger partial charge in [0.05, 0.1) is 18.1 Å². The Morgan fingerprint density at radius 1 is 1.30 bits per heavy atom. The lowest BCUT2D eigenvalue weighted by Gasteiger charge is -2.32. The molecule has 1 aromatic rings. The molecule has 0 heterocycles. The third-order valence-electron chi connectivity index (χ3n) is 4.13. The highest BCUT2D eigenvalue weighted by atomic mass is 35.5. The second kappa shape index (κ2) is 6.46. The highest BCUT2D eigenvalue weighted by molar-refractivity contribution is 6.30. The number of likely N-dealkylation sites (N-methyl/N-ethyl adjacent to an activating group) is 1. The van der Waals surface area contributed by atoms with Crippen LogP contribution in [0, 0.1) is 5.92 Å². The number of benzene rings is 1. The molecule has 1 fully saturated rings. The summed E-state index contributed by atoms with van der Waals surface area (Å²) >= 11 is 5.99. The molecule has 0 unspecified atom stereocenters. The standard InChI is InChI=1S/C15H20ClNO3/c1-17(12-4-2-3-11(16)9-12)13-7-5-10(15(19)20)6-8-14(13)18/h2-4,9-10,13-14,18H,5-8H2,1H3,(H,19,20)/t10-,13+,14+/m1/s1. The number of aliphatic hydroxyl groups excluding tert-OH is 1. The predicted octanol–water partition coefficient (Wildman–Crippen LogP) is 2.78. The summed E-state index contributed by atoms with van der Waals surface area (Å²) in [6, 6.07) is 7.41. The Kier molecular flexibility index (Phi) is 4.89. The zero-order valence-corrected chi connectivity index (χ0v) is 12.3. The second-order valence-corrected chi connectivity index (χ2v) is 5.85. The Labute approximate surface area is 124 Å². The van der Waals surface area contributed by atoms with Crippen LogP contribution in [0.1, 0.15) is 25.7 Å². The maximum Gasteiger partial charge on any atom is 0.306 e. The van der Waals surface area contributed by atoms with E-state index in [9.17, 15) is 9.90 Å². The van der Waals surface area contributed by atoms with E-state index in [2.05, 4.69) is 0 Å². The molecule has 2 rings (SSSR count). The summed E-state index contributed by atoms with van der Waals surface area (Å²) in [4.78, 5) is 13.1. The van der Waals surface area contributed by atoms with Gasteiger partial charge in [0.1, 0.15) is 0 Å². The molecule has 1 saturated carbocycles. The topological polar surface area (TPSA) is 60.8 Å². The zero-order valence-electron chi connectivity index (χ0n) is 11.5. The summed E-state index contributed by atoms with van der Waals surface area (Å²) in [5, 5.41) is 20.1. The molecule has 20 heavy (non-hydrogen) atoms. The molecule has 0 bridgehead atoms. The molecule has 1 aromatic carbocycles. The van der Waals surface area contributed by atoms with Crippen LogP contribution in [-0.4, -0.2) is 35.4 Å². The molecular formula is C15H20ClNO3. The number of aliphatic carboxylic acids is 1. The molecule has 0 saturated heterocycles. The number of rotatable bonds is 3. The van der Waals surface area contributed by atoms with Gasteiger partial charge in [0, 0.05) is 17.8 Å². The van der Waals surface area contributed by atoms with Gasteiger partial charge in [0.25, 0.3) is 0 Å². The number of hydrogen-bond acceptors (Lipinski definition) is 3. The average molecular weight is 298 g/mol. The van der Waals surface area contributed by atoms with Crippen molar-refractivity contribution in [3.63, 3.8) is 0 Å². The first-order chi connectivity index (χ1) is 9.49. The molecular weight excluding hydrogens is 278 g/mol. The van der Waals surface area contributed by atoms with Gasteiger partial charge in [-0.3, -0.25) is 4.79 Å². The molecule has 4 nitrogen and oxygen atoms in total. The van der Waals surface area contributed by atoms with Crippen LogP contribution in [0.25, 0.3) is 0 Å². The third kappa shape index (κ3) is 3.44. The minimum Gasteiger partial charge on any atom is -0.481 e. The van der Waals surface area contributed by atoms with E-state index in [1.54, 1.807) is 0 Å². The van der Waals surface area contributed by atoms with Crippen molar-refractivity contribution >= 4 is 23.3 Å². The van der Waals surface area contributed by atoms with Gasteiger partial charge in [-0.2, -0.15) is 0 Å². The molecule has 0 aromatic heterocycles. The third-order valence-corrected chi connectivity index (χ3v) is 4.36. The monoisotopic (exact) mass is 297 g/mol. The minimum absolute atomic E-state index is 0.0715. The number of carbonyl (C=O) groups is 1. The van der Waals surface area contributed by atoms with E-state index in [0.29, 0.717) is 30.7 Å². The highest BCUT2D eigenvalue weighted by Gasteiger charge is 2.31. The first kappa shape index (κ1) is 15.1. The average Bonchev–Trinajstić information content (AvgIpc) is 2.60. The largest absolute Gasteiger partial charge is 0.481 e. The molecule has 3 atom stereocenters. The minimum atomic E-state index is -0.761. The number of anilines is 1. The smallest absolute Gasteiger partial charge is 0.306 e. The van der Waals surface area contributed by atoms with Gasteiger partial charge in [-0.05, 0) is 43.9 Å².